The van der Waals surface area contributed by atoms with Gasteiger partial charge in [0.25, 0.3) is 5.56 Å². The SMILES string of the molecule is COc1cc(C=Nn2c(C)nc3ccccc3c2=O)ccc1OS(=O)(=O)c1ccc(C)cc1. The van der Waals surface area contributed by atoms with Crippen LogP contribution in [0.25, 0.3) is 10.9 Å². The van der Waals surface area contributed by atoms with Crippen molar-refractivity contribution in [1.29, 1.82) is 0 Å². The minimum atomic E-state index is -4.03. The third-order valence-electron chi connectivity index (χ3n) is 4.93. The van der Waals surface area contributed by atoms with E-state index in [2.05, 4.69) is 10.1 Å². The van der Waals surface area contributed by atoms with E-state index in [0.717, 1.165) is 5.56 Å². The number of hydrogen-bond acceptors (Lipinski definition) is 7. The van der Waals surface area contributed by atoms with Crippen LogP contribution in [0.2, 0.25) is 0 Å². The maximum Gasteiger partial charge on any atom is 0.339 e. The second-order valence-electron chi connectivity index (χ2n) is 7.30. The standard InChI is InChI=1S/C24H21N3O5S/c1-16-8-11-19(12-9-16)33(29,30)32-22-13-10-18(14-23(22)31-3)15-25-27-17(2)26-21-7-5-4-6-20(21)24(27)28/h4-15H,1-3H3. The van der Waals surface area contributed by atoms with E-state index in [4.69, 9.17) is 8.92 Å². The van der Waals surface area contributed by atoms with Gasteiger partial charge in [0.1, 0.15) is 10.7 Å². The van der Waals surface area contributed by atoms with Crippen LogP contribution >= 0.6 is 0 Å². The van der Waals surface area contributed by atoms with E-state index in [-0.39, 0.29) is 22.0 Å². The van der Waals surface area contributed by atoms with Gasteiger partial charge >= 0.3 is 10.1 Å². The molecule has 0 fully saturated rings. The summed E-state index contributed by atoms with van der Waals surface area (Å²) in [5, 5.41) is 4.72. The van der Waals surface area contributed by atoms with Crippen molar-refractivity contribution in [2.24, 2.45) is 5.10 Å². The highest BCUT2D eigenvalue weighted by Crippen LogP contribution is 2.30. The molecule has 0 saturated heterocycles. The van der Waals surface area contributed by atoms with Gasteiger partial charge in [-0.05, 0) is 61.9 Å². The molecule has 4 aromatic rings. The van der Waals surface area contributed by atoms with Gasteiger partial charge in [0.05, 0.1) is 24.2 Å². The normalized spacial score (nSPS) is 11.7. The Bertz CT molecular complexity index is 1520. The zero-order chi connectivity index (χ0) is 23.6. The van der Waals surface area contributed by atoms with Gasteiger partial charge in [-0.15, -0.1) is 0 Å². The topological polar surface area (TPSA) is 99.8 Å². The highest BCUT2D eigenvalue weighted by atomic mass is 32.2. The van der Waals surface area contributed by atoms with Crippen molar-refractivity contribution in [2.75, 3.05) is 7.11 Å². The lowest BCUT2D eigenvalue weighted by Gasteiger charge is -2.11. The first-order valence-electron chi connectivity index (χ1n) is 10.0. The van der Waals surface area contributed by atoms with Crippen molar-refractivity contribution < 1.29 is 17.3 Å². The number of aryl methyl sites for hydroxylation is 2. The zero-order valence-electron chi connectivity index (χ0n) is 18.2. The summed E-state index contributed by atoms with van der Waals surface area (Å²) in [4.78, 5) is 17.2. The minimum absolute atomic E-state index is 0.0379. The molecule has 0 aliphatic carbocycles. The van der Waals surface area contributed by atoms with Gasteiger partial charge in [0.15, 0.2) is 11.5 Å². The van der Waals surface area contributed by atoms with Crippen molar-refractivity contribution >= 4 is 27.2 Å². The van der Waals surface area contributed by atoms with Gasteiger partial charge in [-0.3, -0.25) is 4.79 Å². The van der Waals surface area contributed by atoms with Gasteiger partial charge in [0.2, 0.25) is 0 Å². The number of fused-ring (bicyclic) bond motifs is 1. The molecule has 0 aliphatic heterocycles. The lowest BCUT2D eigenvalue weighted by Crippen LogP contribution is -2.20. The van der Waals surface area contributed by atoms with Crippen LogP contribution in [0, 0.1) is 13.8 Å². The largest absolute Gasteiger partial charge is 0.493 e. The number of para-hydroxylation sites is 1. The molecule has 33 heavy (non-hydrogen) atoms. The van der Waals surface area contributed by atoms with Gasteiger partial charge < -0.3 is 8.92 Å². The van der Waals surface area contributed by atoms with E-state index >= 15 is 0 Å². The van der Waals surface area contributed by atoms with E-state index in [1.54, 1.807) is 49.4 Å². The van der Waals surface area contributed by atoms with Crippen molar-refractivity contribution in [3.8, 4) is 11.5 Å². The van der Waals surface area contributed by atoms with Crippen molar-refractivity contribution in [3.05, 3.63) is 94.0 Å². The molecule has 168 valence electrons. The number of methoxy groups -OCH3 is 1. The molecule has 0 bridgehead atoms. The van der Waals surface area contributed by atoms with Crippen molar-refractivity contribution in [2.45, 2.75) is 18.7 Å². The lowest BCUT2D eigenvalue weighted by atomic mass is 10.2. The highest BCUT2D eigenvalue weighted by molar-refractivity contribution is 7.87. The average Bonchev–Trinajstić information content (AvgIpc) is 2.80. The molecular formula is C24H21N3O5S. The molecular weight excluding hydrogens is 442 g/mol. The van der Waals surface area contributed by atoms with Crippen LogP contribution in [0.5, 0.6) is 11.5 Å². The van der Waals surface area contributed by atoms with Gasteiger partial charge in [-0.2, -0.15) is 18.2 Å². The number of aromatic nitrogens is 2. The predicted octanol–water partition coefficient (Wildman–Crippen LogP) is 3.67. The monoisotopic (exact) mass is 463 g/mol. The molecule has 3 aromatic carbocycles. The van der Waals surface area contributed by atoms with E-state index in [0.29, 0.717) is 22.3 Å². The molecule has 0 unspecified atom stereocenters. The molecule has 0 aliphatic rings. The zero-order valence-corrected chi connectivity index (χ0v) is 19.0. The summed E-state index contributed by atoms with van der Waals surface area (Å²) < 4.78 is 37.0. The number of rotatable bonds is 6. The molecule has 0 amide bonds. The molecule has 4 rings (SSSR count). The first-order valence-corrected chi connectivity index (χ1v) is 11.4. The van der Waals surface area contributed by atoms with Crippen LogP contribution in [0.1, 0.15) is 17.0 Å². The first-order chi connectivity index (χ1) is 15.8. The molecule has 0 spiro atoms. The van der Waals surface area contributed by atoms with E-state index in [1.165, 1.54) is 36.2 Å². The summed E-state index contributed by atoms with van der Waals surface area (Å²) in [6, 6.07) is 18.0. The summed E-state index contributed by atoms with van der Waals surface area (Å²) in [7, 11) is -2.62. The Morgan fingerprint density at radius 2 is 1.70 bits per heavy atom. The Hall–Kier alpha value is -3.98. The Morgan fingerprint density at radius 3 is 2.42 bits per heavy atom. The van der Waals surface area contributed by atoms with E-state index < -0.39 is 10.1 Å². The van der Waals surface area contributed by atoms with E-state index in [9.17, 15) is 13.2 Å². The Labute approximate surface area is 190 Å². The third kappa shape index (κ3) is 4.63. The summed E-state index contributed by atoms with van der Waals surface area (Å²) >= 11 is 0. The summed E-state index contributed by atoms with van der Waals surface area (Å²) in [6.07, 6.45) is 1.46. The maximum atomic E-state index is 12.8. The fourth-order valence-electron chi connectivity index (χ4n) is 3.20. The Morgan fingerprint density at radius 1 is 0.970 bits per heavy atom. The Kier molecular flexibility index (Phi) is 5.97. The molecule has 1 heterocycles. The Balaban J connectivity index is 1.64. The van der Waals surface area contributed by atoms with Gasteiger partial charge in [0, 0.05) is 0 Å². The van der Waals surface area contributed by atoms with Gasteiger partial charge in [-0.1, -0.05) is 29.8 Å². The predicted molar refractivity (Wildman–Crippen MR) is 126 cm³/mol. The second-order valence-corrected chi connectivity index (χ2v) is 8.84. The van der Waals surface area contributed by atoms with Crippen LogP contribution in [0.3, 0.4) is 0 Å². The van der Waals surface area contributed by atoms with Crippen LogP contribution in [0.4, 0.5) is 0 Å². The smallest absolute Gasteiger partial charge is 0.339 e. The van der Waals surface area contributed by atoms with Gasteiger partial charge in [-0.25, -0.2) is 4.98 Å². The molecule has 8 nitrogen and oxygen atoms in total. The quantitative estimate of drug-likeness (QED) is 0.320. The van der Waals surface area contributed by atoms with Crippen LogP contribution in [0.15, 0.2) is 81.5 Å². The maximum absolute atomic E-state index is 12.8. The molecule has 0 saturated carbocycles. The number of hydrogen-bond donors (Lipinski definition) is 0. The number of ether oxygens (including phenoxy) is 1. The van der Waals surface area contributed by atoms with Crippen LogP contribution in [-0.2, 0) is 10.1 Å². The number of benzene rings is 3. The number of nitrogens with zero attached hydrogens (tertiary/aromatic N) is 3. The average molecular weight is 464 g/mol. The minimum Gasteiger partial charge on any atom is -0.493 e. The molecule has 0 N–H and O–H groups in total. The van der Waals surface area contributed by atoms with Crippen molar-refractivity contribution in [1.82, 2.24) is 9.66 Å². The van der Waals surface area contributed by atoms with Crippen LogP contribution < -0.4 is 14.5 Å². The van der Waals surface area contributed by atoms with Crippen molar-refractivity contribution in [3.63, 3.8) is 0 Å². The summed E-state index contributed by atoms with van der Waals surface area (Å²) in [5.41, 5.74) is 1.83. The van der Waals surface area contributed by atoms with Crippen LogP contribution in [-0.4, -0.2) is 31.4 Å². The second kappa shape index (κ2) is 8.87. The van der Waals surface area contributed by atoms with E-state index in [1.807, 2.05) is 13.0 Å². The third-order valence-corrected chi connectivity index (χ3v) is 6.18. The highest BCUT2D eigenvalue weighted by Gasteiger charge is 2.19. The molecule has 1 aromatic heterocycles. The molecule has 0 atom stereocenters. The fraction of sp³-hybridized carbons (Fsp3) is 0.125. The molecule has 0 radical (unpaired) electrons. The first kappa shape index (κ1) is 22.2. The summed E-state index contributed by atoms with van der Waals surface area (Å²) in [6.45, 7) is 3.56. The lowest BCUT2D eigenvalue weighted by molar-refractivity contribution is 0.390. The molecule has 9 heteroatoms. The summed E-state index contributed by atoms with van der Waals surface area (Å²) in [5.74, 6) is 0.678. The fourth-order valence-corrected chi connectivity index (χ4v) is 4.14.